The molecule has 0 bridgehead atoms. The molecule has 26 heavy (non-hydrogen) atoms. The number of unbranched alkanes of at least 4 members (excludes halogenated alkanes) is 1. The number of halogens is 1. The van der Waals surface area contributed by atoms with Crippen LogP contribution >= 0.6 is 15.9 Å². The normalized spacial score (nSPS) is 29.7. The Kier molecular flexibility index (Phi) is 6.19. The average Bonchev–Trinajstić information content (AvgIpc) is 3.04. The Hall–Kier alpha value is -0.790. The summed E-state index contributed by atoms with van der Waals surface area (Å²) in [5.74, 6) is -0.675. The van der Waals surface area contributed by atoms with Crippen LogP contribution in [0, 0.1) is 6.92 Å². The number of hydrogen-bond acceptors (Lipinski definition) is 5. The first-order chi connectivity index (χ1) is 12.3. The zero-order valence-corrected chi connectivity index (χ0v) is 17.4. The molecule has 0 unspecified atom stereocenters. The summed E-state index contributed by atoms with van der Waals surface area (Å²) in [6, 6.07) is 6.06. The van der Waals surface area contributed by atoms with E-state index in [1.165, 1.54) is 0 Å². The van der Waals surface area contributed by atoms with Gasteiger partial charge in [-0.1, -0.05) is 35.3 Å². The van der Waals surface area contributed by atoms with E-state index in [1.54, 1.807) is 0 Å². The smallest absolute Gasteiger partial charge is 0.190 e. The van der Waals surface area contributed by atoms with Gasteiger partial charge in [0.1, 0.15) is 18.3 Å². The van der Waals surface area contributed by atoms with E-state index >= 15 is 0 Å². The highest BCUT2D eigenvalue weighted by atomic mass is 79.9. The highest BCUT2D eigenvalue weighted by Gasteiger charge is 2.57. The lowest BCUT2D eigenvalue weighted by atomic mass is 10.0. The van der Waals surface area contributed by atoms with E-state index < -0.39 is 30.4 Å². The second-order valence-electron chi connectivity index (χ2n) is 7.44. The van der Waals surface area contributed by atoms with E-state index in [0.29, 0.717) is 13.0 Å². The minimum atomic E-state index is -0.734. The molecule has 1 aromatic carbocycles. The van der Waals surface area contributed by atoms with Gasteiger partial charge in [-0.3, -0.25) is 4.79 Å². The third kappa shape index (κ3) is 4.37. The molecule has 2 saturated heterocycles. The van der Waals surface area contributed by atoms with Gasteiger partial charge < -0.3 is 18.9 Å². The number of aryl methyl sites for hydroxylation is 1. The largest absolute Gasteiger partial charge is 0.367 e. The fourth-order valence-corrected chi connectivity index (χ4v) is 3.90. The third-order valence-corrected chi connectivity index (χ3v) is 5.31. The standard InChI is InChI=1S/C20H27BrO5/c1-5-6-7-15(22)16-17(18-19(24-16)26-20(3,4)25-18)23-11-13-8-9-14(21)10-12(13)2/h8-10,16-19H,5-7,11H2,1-4H3/t16-,17+,18-,19-/m1/s1. The molecule has 2 aliphatic rings. The van der Waals surface area contributed by atoms with Gasteiger partial charge in [-0.25, -0.2) is 0 Å². The number of ketones is 1. The number of benzene rings is 1. The second-order valence-corrected chi connectivity index (χ2v) is 8.36. The lowest BCUT2D eigenvalue weighted by Gasteiger charge is -2.25. The molecule has 2 heterocycles. The summed E-state index contributed by atoms with van der Waals surface area (Å²) < 4.78 is 24.9. The van der Waals surface area contributed by atoms with Crippen molar-refractivity contribution in [3.05, 3.63) is 33.8 Å². The van der Waals surface area contributed by atoms with Crippen molar-refractivity contribution in [3.8, 4) is 0 Å². The van der Waals surface area contributed by atoms with Crippen molar-refractivity contribution in [2.75, 3.05) is 0 Å². The number of Topliss-reactive ketones (excluding diaryl/α,β-unsaturated/α-hetero) is 1. The van der Waals surface area contributed by atoms with Gasteiger partial charge in [-0.15, -0.1) is 0 Å². The first-order valence-corrected chi connectivity index (χ1v) is 10.0. The molecule has 144 valence electrons. The van der Waals surface area contributed by atoms with Crippen molar-refractivity contribution < 1.29 is 23.7 Å². The van der Waals surface area contributed by atoms with Crippen LogP contribution in [0.5, 0.6) is 0 Å². The summed E-state index contributed by atoms with van der Waals surface area (Å²) >= 11 is 3.47. The summed E-state index contributed by atoms with van der Waals surface area (Å²) in [6.07, 6.45) is 0.251. The summed E-state index contributed by atoms with van der Waals surface area (Å²) in [7, 11) is 0. The molecule has 2 fully saturated rings. The van der Waals surface area contributed by atoms with E-state index in [1.807, 2.05) is 32.9 Å². The molecular formula is C20H27BrO5. The average molecular weight is 427 g/mol. The minimum Gasteiger partial charge on any atom is -0.367 e. The van der Waals surface area contributed by atoms with Crippen LogP contribution in [0.25, 0.3) is 0 Å². The molecule has 2 aliphatic heterocycles. The number of fused-ring (bicyclic) bond motifs is 1. The molecule has 0 amide bonds. The van der Waals surface area contributed by atoms with Crippen LogP contribution < -0.4 is 0 Å². The Labute approximate surface area is 163 Å². The topological polar surface area (TPSA) is 54.0 Å². The summed E-state index contributed by atoms with van der Waals surface area (Å²) in [5, 5.41) is 0. The minimum absolute atomic E-state index is 0.0591. The monoisotopic (exact) mass is 426 g/mol. The predicted octanol–water partition coefficient (Wildman–Crippen LogP) is 4.28. The Morgan fingerprint density at radius 1 is 1.31 bits per heavy atom. The summed E-state index contributed by atoms with van der Waals surface area (Å²) in [4.78, 5) is 12.6. The summed E-state index contributed by atoms with van der Waals surface area (Å²) in [5.41, 5.74) is 2.21. The Bertz CT molecular complexity index is 660. The van der Waals surface area contributed by atoms with Crippen LogP contribution in [0.3, 0.4) is 0 Å². The predicted molar refractivity (Wildman–Crippen MR) is 101 cm³/mol. The molecule has 4 atom stereocenters. The molecule has 3 rings (SSSR count). The zero-order chi connectivity index (χ0) is 18.9. The number of carbonyl (C=O) groups is 1. The van der Waals surface area contributed by atoms with Crippen molar-refractivity contribution in [3.63, 3.8) is 0 Å². The van der Waals surface area contributed by atoms with Crippen LogP contribution in [0.4, 0.5) is 0 Å². The van der Waals surface area contributed by atoms with Crippen molar-refractivity contribution in [2.45, 2.75) is 84.0 Å². The Balaban J connectivity index is 1.73. The maximum Gasteiger partial charge on any atom is 0.190 e. The zero-order valence-electron chi connectivity index (χ0n) is 15.8. The van der Waals surface area contributed by atoms with Gasteiger partial charge in [0.15, 0.2) is 17.9 Å². The maximum atomic E-state index is 12.6. The number of hydrogen-bond donors (Lipinski definition) is 0. The highest BCUT2D eigenvalue weighted by Crippen LogP contribution is 2.39. The van der Waals surface area contributed by atoms with Gasteiger partial charge in [-0.2, -0.15) is 0 Å². The fourth-order valence-electron chi connectivity index (χ4n) is 3.42. The number of ether oxygens (including phenoxy) is 4. The molecular weight excluding hydrogens is 400 g/mol. The van der Waals surface area contributed by atoms with Crippen molar-refractivity contribution >= 4 is 21.7 Å². The number of carbonyl (C=O) groups excluding carboxylic acids is 1. The molecule has 0 N–H and O–H groups in total. The van der Waals surface area contributed by atoms with Crippen LogP contribution in [0.2, 0.25) is 0 Å². The van der Waals surface area contributed by atoms with Gasteiger partial charge in [0, 0.05) is 10.9 Å². The van der Waals surface area contributed by atoms with Crippen LogP contribution in [-0.2, 0) is 30.3 Å². The van der Waals surface area contributed by atoms with Crippen LogP contribution in [0.15, 0.2) is 22.7 Å². The van der Waals surface area contributed by atoms with E-state index in [0.717, 1.165) is 28.4 Å². The molecule has 0 saturated carbocycles. The first-order valence-electron chi connectivity index (χ1n) is 9.21. The highest BCUT2D eigenvalue weighted by molar-refractivity contribution is 9.10. The number of rotatable bonds is 7. The third-order valence-electron chi connectivity index (χ3n) is 4.82. The fraction of sp³-hybridized carbons (Fsp3) is 0.650. The van der Waals surface area contributed by atoms with E-state index in [2.05, 4.69) is 28.9 Å². The van der Waals surface area contributed by atoms with Gasteiger partial charge in [0.2, 0.25) is 0 Å². The van der Waals surface area contributed by atoms with E-state index in [-0.39, 0.29) is 5.78 Å². The van der Waals surface area contributed by atoms with Crippen molar-refractivity contribution in [1.82, 2.24) is 0 Å². The molecule has 0 spiro atoms. The van der Waals surface area contributed by atoms with E-state index in [4.69, 9.17) is 18.9 Å². The van der Waals surface area contributed by atoms with Gasteiger partial charge >= 0.3 is 0 Å². The molecule has 6 heteroatoms. The summed E-state index contributed by atoms with van der Waals surface area (Å²) in [6.45, 7) is 8.20. The molecule has 1 aromatic rings. The van der Waals surface area contributed by atoms with E-state index in [9.17, 15) is 4.79 Å². The van der Waals surface area contributed by atoms with Crippen molar-refractivity contribution in [1.29, 1.82) is 0 Å². The lowest BCUT2D eigenvalue weighted by molar-refractivity contribution is -0.218. The first kappa shape index (κ1) is 20.0. The van der Waals surface area contributed by atoms with Gasteiger partial charge in [-0.05, 0) is 50.5 Å². The second kappa shape index (κ2) is 8.07. The molecule has 0 radical (unpaired) electrons. The van der Waals surface area contributed by atoms with Crippen molar-refractivity contribution in [2.24, 2.45) is 0 Å². The Morgan fingerprint density at radius 3 is 2.77 bits per heavy atom. The Morgan fingerprint density at radius 2 is 2.08 bits per heavy atom. The van der Waals surface area contributed by atoms with Gasteiger partial charge in [0.25, 0.3) is 0 Å². The lowest BCUT2D eigenvalue weighted by Crippen LogP contribution is -2.40. The molecule has 0 aliphatic carbocycles. The molecule has 0 aromatic heterocycles. The SMILES string of the molecule is CCCCC(=O)[C@H]1O[C@@H]2OC(C)(C)O[C@@H]2[C@H]1OCc1ccc(Br)cc1C. The quantitative estimate of drug-likeness (QED) is 0.650. The molecule has 5 nitrogen and oxygen atoms in total. The maximum absolute atomic E-state index is 12.6. The van der Waals surface area contributed by atoms with Gasteiger partial charge in [0.05, 0.1) is 6.61 Å². The van der Waals surface area contributed by atoms with Crippen LogP contribution in [-0.4, -0.2) is 36.2 Å². The van der Waals surface area contributed by atoms with Crippen LogP contribution in [0.1, 0.15) is 51.2 Å².